The first-order chi connectivity index (χ1) is 4.91. The van der Waals surface area contributed by atoms with Gasteiger partial charge in [-0.05, 0) is 0 Å². The molecular formula is C10H22Ce2O3. The third-order valence-electron chi connectivity index (χ3n) is 1.96. The van der Waals surface area contributed by atoms with E-state index in [1.54, 1.807) is 0 Å². The van der Waals surface area contributed by atoms with Crippen LogP contribution >= 0.6 is 0 Å². The van der Waals surface area contributed by atoms with Gasteiger partial charge in [0.25, 0.3) is 0 Å². The quantitative estimate of drug-likeness (QED) is 0.507. The second-order valence-corrected chi connectivity index (χ2v) is 3.12. The van der Waals surface area contributed by atoms with Crippen molar-refractivity contribution in [3.63, 3.8) is 0 Å². The average Bonchev–Trinajstić information content (AvgIpc) is 1.97. The third-order valence-corrected chi connectivity index (χ3v) is 1.96. The van der Waals surface area contributed by atoms with Crippen LogP contribution in [0.25, 0.3) is 0 Å². The molecule has 0 fully saturated rings. The Morgan fingerprint density at radius 1 is 0.467 bits per heavy atom. The number of hydrogen-bond acceptors (Lipinski definition) is 0. The molecule has 0 aromatic carbocycles. The summed E-state index contributed by atoms with van der Waals surface area (Å²) < 4.78 is 0. The number of rotatable bonds is 7. The molecule has 0 N–H and O–H groups in total. The molecule has 0 aliphatic carbocycles. The summed E-state index contributed by atoms with van der Waals surface area (Å²) in [4.78, 5) is 0. The van der Waals surface area contributed by atoms with Crippen LogP contribution in [0.1, 0.15) is 65.2 Å². The summed E-state index contributed by atoms with van der Waals surface area (Å²) in [7, 11) is 0. The summed E-state index contributed by atoms with van der Waals surface area (Å²) in [6.45, 7) is 4.54. The van der Waals surface area contributed by atoms with Gasteiger partial charge in [-0.25, -0.2) is 0 Å². The fraction of sp³-hybridized carbons (Fsp3) is 1.00. The first-order valence-corrected chi connectivity index (χ1v) is 4.91. The van der Waals surface area contributed by atoms with Gasteiger partial charge in [0, 0.05) is 0 Å². The zero-order valence-corrected chi connectivity index (χ0v) is 16.2. The van der Waals surface area contributed by atoms with E-state index >= 15 is 0 Å². The van der Waals surface area contributed by atoms with Gasteiger partial charge in [0.1, 0.15) is 0 Å². The first-order valence-electron chi connectivity index (χ1n) is 4.91. The molecule has 0 heterocycles. The molecule has 15 heavy (non-hydrogen) atoms. The molecule has 0 spiro atoms. The zero-order chi connectivity index (χ0) is 7.66. The molecule has 0 unspecified atom stereocenters. The summed E-state index contributed by atoms with van der Waals surface area (Å²) in [5, 5.41) is 0. The molecule has 88 valence electrons. The maximum Gasteiger partial charge on any atom is 3.00 e. The van der Waals surface area contributed by atoms with E-state index in [0.717, 1.165) is 0 Å². The summed E-state index contributed by atoms with van der Waals surface area (Å²) in [6, 6.07) is 0. The van der Waals surface area contributed by atoms with Gasteiger partial charge >= 0.3 is 83.5 Å². The summed E-state index contributed by atoms with van der Waals surface area (Å²) >= 11 is 0. The predicted molar refractivity (Wildman–Crippen MR) is 50.3 cm³/mol. The fourth-order valence-corrected chi connectivity index (χ4v) is 1.21. The van der Waals surface area contributed by atoms with Crippen molar-refractivity contribution in [2.24, 2.45) is 0 Å². The standard InChI is InChI=1S/C10H22.2Ce.3O/c1-3-5-7-9-10-8-6-4-2;;;;;/h3-10H2,1-2H3;;;;;/q;2*+3;3*-2. The molecule has 5 heteroatoms. The Bertz CT molecular complexity index is 58.6. The van der Waals surface area contributed by atoms with E-state index < -0.39 is 0 Å². The molecule has 0 atom stereocenters. The van der Waals surface area contributed by atoms with Crippen LogP contribution < -0.4 is 0 Å². The van der Waals surface area contributed by atoms with Crippen LogP contribution in [0.2, 0.25) is 0 Å². The van der Waals surface area contributed by atoms with Gasteiger partial charge < -0.3 is 16.4 Å². The molecule has 2 radical (unpaired) electrons. The molecule has 0 aromatic rings. The maximum atomic E-state index is 2.27. The Kier molecular flexibility index (Phi) is 86.4. The molecule has 0 saturated carbocycles. The minimum atomic E-state index is 0. The molecule has 0 aromatic heterocycles. The van der Waals surface area contributed by atoms with E-state index in [4.69, 9.17) is 0 Å². The molecule has 0 saturated heterocycles. The number of hydrogen-bond donors (Lipinski definition) is 0. The van der Waals surface area contributed by atoms with Gasteiger partial charge in [0.05, 0.1) is 0 Å². The van der Waals surface area contributed by atoms with Crippen LogP contribution in [0, 0.1) is 83.5 Å². The van der Waals surface area contributed by atoms with Gasteiger partial charge in [-0.15, -0.1) is 0 Å². The Labute approximate surface area is 162 Å². The van der Waals surface area contributed by atoms with E-state index in [2.05, 4.69) is 13.8 Å². The van der Waals surface area contributed by atoms with Crippen molar-refractivity contribution in [2.75, 3.05) is 0 Å². The monoisotopic (exact) mass is 470 g/mol. The van der Waals surface area contributed by atoms with Crippen LogP contribution in [-0.2, 0) is 16.4 Å². The first kappa shape index (κ1) is 36.0. The van der Waals surface area contributed by atoms with Gasteiger partial charge in [-0.3, -0.25) is 0 Å². The van der Waals surface area contributed by atoms with Crippen molar-refractivity contribution in [1.82, 2.24) is 0 Å². The Balaban J connectivity index is -0.0000000405. The summed E-state index contributed by atoms with van der Waals surface area (Å²) in [5.74, 6) is 0. The van der Waals surface area contributed by atoms with Crippen molar-refractivity contribution < 1.29 is 99.9 Å². The van der Waals surface area contributed by atoms with Gasteiger partial charge in [0.2, 0.25) is 0 Å². The average molecular weight is 471 g/mol. The second kappa shape index (κ2) is 36.0. The molecule has 0 amide bonds. The normalized spacial score (nSPS) is 6.80. The molecular weight excluding hydrogens is 448 g/mol. The van der Waals surface area contributed by atoms with Crippen LogP contribution in [-0.4, -0.2) is 0 Å². The molecule has 3 nitrogen and oxygen atoms in total. The maximum absolute atomic E-state index is 2.27. The fourth-order valence-electron chi connectivity index (χ4n) is 1.21. The Morgan fingerprint density at radius 2 is 0.667 bits per heavy atom. The van der Waals surface area contributed by atoms with Gasteiger partial charge in [0.15, 0.2) is 0 Å². The molecule has 0 aliphatic heterocycles. The van der Waals surface area contributed by atoms with E-state index in [0.29, 0.717) is 0 Å². The van der Waals surface area contributed by atoms with Crippen LogP contribution in [0.5, 0.6) is 0 Å². The van der Waals surface area contributed by atoms with Crippen molar-refractivity contribution in [1.29, 1.82) is 0 Å². The van der Waals surface area contributed by atoms with Crippen LogP contribution in [0.15, 0.2) is 0 Å². The summed E-state index contributed by atoms with van der Waals surface area (Å²) in [6.07, 6.45) is 11.5. The minimum Gasteiger partial charge on any atom is -2.00 e. The van der Waals surface area contributed by atoms with Gasteiger partial charge in [-0.1, -0.05) is 65.2 Å². The van der Waals surface area contributed by atoms with Crippen molar-refractivity contribution >= 4 is 0 Å². The predicted octanol–water partition coefficient (Wildman–Crippen LogP) is 3.79. The molecule has 0 bridgehead atoms. The Hall–Kier alpha value is 2.63. The third kappa shape index (κ3) is 38.4. The SMILES string of the molecule is CCCCCCCCCC.[Ce+3].[Ce+3].[O-2].[O-2].[O-2]. The Morgan fingerprint density at radius 3 is 0.867 bits per heavy atom. The van der Waals surface area contributed by atoms with Crippen molar-refractivity contribution in [2.45, 2.75) is 65.2 Å². The molecule has 0 rings (SSSR count). The summed E-state index contributed by atoms with van der Waals surface area (Å²) in [5.41, 5.74) is 0. The van der Waals surface area contributed by atoms with Crippen LogP contribution in [0.3, 0.4) is 0 Å². The van der Waals surface area contributed by atoms with Crippen LogP contribution in [0.4, 0.5) is 0 Å². The largest absolute Gasteiger partial charge is 3.00 e. The van der Waals surface area contributed by atoms with Crippen molar-refractivity contribution in [3.05, 3.63) is 0 Å². The van der Waals surface area contributed by atoms with Crippen molar-refractivity contribution in [3.8, 4) is 0 Å². The number of unbranched alkanes of at least 4 members (excludes halogenated alkanes) is 7. The van der Waals surface area contributed by atoms with E-state index in [-0.39, 0.29) is 99.9 Å². The molecule has 0 aliphatic rings. The smallest absolute Gasteiger partial charge is 2.00 e. The van der Waals surface area contributed by atoms with E-state index in [9.17, 15) is 0 Å². The van der Waals surface area contributed by atoms with E-state index in [1.165, 1.54) is 51.4 Å². The minimum absolute atomic E-state index is 0. The zero-order valence-electron chi connectivity index (χ0n) is 9.88. The second-order valence-electron chi connectivity index (χ2n) is 3.12. The topological polar surface area (TPSA) is 85.5 Å². The van der Waals surface area contributed by atoms with E-state index in [1.807, 2.05) is 0 Å². The van der Waals surface area contributed by atoms with Gasteiger partial charge in [-0.2, -0.15) is 0 Å².